The number of carbonyl (C=O) groups is 1. The van der Waals surface area contributed by atoms with Gasteiger partial charge in [-0.15, -0.1) is 0 Å². The zero-order valence-corrected chi connectivity index (χ0v) is 18.6. The molecule has 1 aromatic heterocycles. The molecular weight excluding hydrogens is 418 g/mol. The molecule has 164 valence electrons. The van der Waals surface area contributed by atoms with Crippen molar-refractivity contribution in [1.82, 2.24) is 14.1 Å². The maximum absolute atomic E-state index is 12.9. The molecule has 1 atom stereocenters. The standard InChI is InChI=1S/C22H25N3O5S/c1-15(2)19-14-24(3)25(21(19)26)17-10-12-18(13-11-17)31(28,29)23-20(22(27)30-4)16-8-6-5-7-9-16/h5-15,20,23H,1-4H3/t20-/m1/s1. The predicted octanol–water partition coefficient (Wildman–Crippen LogP) is 2.49. The van der Waals surface area contributed by atoms with Gasteiger partial charge in [0.2, 0.25) is 10.0 Å². The van der Waals surface area contributed by atoms with Gasteiger partial charge in [0, 0.05) is 18.8 Å². The molecular formula is C22H25N3O5S. The van der Waals surface area contributed by atoms with Crippen LogP contribution in [0.3, 0.4) is 0 Å². The number of aryl methyl sites for hydroxylation is 1. The molecule has 0 amide bonds. The summed E-state index contributed by atoms with van der Waals surface area (Å²) in [7, 11) is -1.09. The molecule has 0 saturated carbocycles. The number of hydrogen-bond acceptors (Lipinski definition) is 5. The second-order valence-electron chi connectivity index (χ2n) is 7.41. The SMILES string of the molecule is COC(=O)[C@H](NS(=O)(=O)c1ccc(-n2c(=O)c(C(C)C)cn2C)cc1)c1ccccc1. The normalized spacial score (nSPS) is 12.7. The fourth-order valence-electron chi connectivity index (χ4n) is 3.28. The minimum atomic E-state index is -4.04. The van der Waals surface area contributed by atoms with E-state index >= 15 is 0 Å². The highest BCUT2D eigenvalue weighted by Crippen LogP contribution is 2.20. The van der Waals surface area contributed by atoms with E-state index in [1.165, 1.54) is 23.9 Å². The first-order valence-electron chi connectivity index (χ1n) is 9.69. The van der Waals surface area contributed by atoms with Gasteiger partial charge in [-0.3, -0.25) is 9.48 Å². The van der Waals surface area contributed by atoms with E-state index in [2.05, 4.69) is 4.72 Å². The number of sulfonamides is 1. The quantitative estimate of drug-likeness (QED) is 0.566. The molecule has 0 bridgehead atoms. The number of carbonyl (C=O) groups excluding carboxylic acids is 1. The molecule has 0 aliphatic rings. The molecule has 0 unspecified atom stereocenters. The predicted molar refractivity (Wildman–Crippen MR) is 117 cm³/mol. The van der Waals surface area contributed by atoms with Gasteiger partial charge in [0.15, 0.2) is 0 Å². The van der Waals surface area contributed by atoms with Gasteiger partial charge in [-0.2, -0.15) is 4.72 Å². The molecule has 9 heteroatoms. The van der Waals surface area contributed by atoms with Crippen LogP contribution in [0.25, 0.3) is 5.69 Å². The molecule has 0 spiro atoms. The van der Waals surface area contributed by atoms with Gasteiger partial charge in [-0.25, -0.2) is 17.9 Å². The van der Waals surface area contributed by atoms with Crippen LogP contribution < -0.4 is 10.3 Å². The third-order valence-electron chi connectivity index (χ3n) is 4.94. The molecule has 1 heterocycles. The summed E-state index contributed by atoms with van der Waals surface area (Å²) >= 11 is 0. The number of nitrogens with zero attached hydrogens (tertiary/aromatic N) is 2. The van der Waals surface area contributed by atoms with E-state index in [0.29, 0.717) is 16.8 Å². The van der Waals surface area contributed by atoms with E-state index in [0.717, 1.165) is 0 Å². The van der Waals surface area contributed by atoms with Gasteiger partial charge in [-0.1, -0.05) is 44.2 Å². The van der Waals surface area contributed by atoms with E-state index in [1.807, 2.05) is 13.8 Å². The summed E-state index contributed by atoms with van der Waals surface area (Å²) in [6.45, 7) is 3.87. The lowest BCUT2D eigenvalue weighted by Gasteiger charge is -2.17. The molecule has 0 aliphatic carbocycles. The van der Waals surface area contributed by atoms with Gasteiger partial charge in [0.25, 0.3) is 5.56 Å². The summed E-state index contributed by atoms with van der Waals surface area (Å²) in [6, 6.07) is 13.2. The lowest BCUT2D eigenvalue weighted by Crippen LogP contribution is -2.34. The average molecular weight is 444 g/mol. The molecule has 3 aromatic rings. The van der Waals surface area contributed by atoms with E-state index in [1.54, 1.807) is 60.4 Å². The van der Waals surface area contributed by atoms with Gasteiger partial charge in [0.1, 0.15) is 6.04 Å². The number of esters is 1. The summed E-state index contributed by atoms with van der Waals surface area (Å²) in [4.78, 5) is 24.9. The zero-order chi connectivity index (χ0) is 22.8. The second kappa shape index (κ2) is 8.91. The molecule has 8 nitrogen and oxygen atoms in total. The van der Waals surface area contributed by atoms with Crippen LogP contribution in [0.1, 0.15) is 36.9 Å². The Labute approximate surface area is 181 Å². The Balaban J connectivity index is 1.93. The summed E-state index contributed by atoms with van der Waals surface area (Å²) in [5.41, 5.74) is 1.52. The number of aromatic nitrogens is 2. The molecule has 2 aromatic carbocycles. The van der Waals surface area contributed by atoms with E-state index < -0.39 is 22.0 Å². The van der Waals surface area contributed by atoms with Crippen LogP contribution in [0.2, 0.25) is 0 Å². The number of rotatable bonds is 7. The first-order valence-corrected chi connectivity index (χ1v) is 11.2. The largest absolute Gasteiger partial charge is 0.468 e. The fraction of sp³-hybridized carbons (Fsp3) is 0.273. The average Bonchev–Trinajstić information content (AvgIpc) is 3.06. The molecule has 3 rings (SSSR count). The van der Waals surface area contributed by atoms with Crippen molar-refractivity contribution in [2.24, 2.45) is 7.05 Å². The highest BCUT2D eigenvalue weighted by atomic mass is 32.2. The molecule has 0 saturated heterocycles. The van der Waals surface area contributed by atoms with Crippen LogP contribution in [-0.4, -0.2) is 30.9 Å². The number of benzene rings is 2. The Morgan fingerprint density at radius 3 is 2.16 bits per heavy atom. The highest BCUT2D eigenvalue weighted by molar-refractivity contribution is 7.89. The first-order chi connectivity index (χ1) is 14.7. The van der Waals surface area contributed by atoms with Crippen molar-refractivity contribution in [3.63, 3.8) is 0 Å². The Bertz CT molecular complexity index is 1230. The number of hydrogen-bond donors (Lipinski definition) is 1. The number of nitrogens with one attached hydrogen (secondary N) is 1. The van der Waals surface area contributed by atoms with Crippen LogP contribution in [0, 0.1) is 0 Å². The first kappa shape index (κ1) is 22.5. The van der Waals surface area contributed by atoms with Crippen LogP contribution in [0.5, 0.6) is 0 Å². The van der Waals surface area contributed by atoms with Gasteiger partial charge in [-0.05, 0) is 35.7 Å². The zero-order valence-electron chi connectivity index (χ0n) is 17.8. The Morgan fingerprint density at radius 1 is 1.03 bits per heavy atom. The summed E-state index contributed by atoms with van der Waals surface area (Å²) in [5.74, 6) is -0.653. The van der Waals surface area contributed by atoms with E-state index in [9.17, 15) is 18.0 Å². The van der Waals surface area contributed by atoms with Crippen LogP contribution in [0.4, 0.5) is 0 Å². The minimum Gasteiger partial charge on any atom is -0.468 e. The molecule has 0 radical (unpaired) electrons. The summed E-state index contributed by atoms with van der Waals surface area (Å²) < 4.78 is 36.1. The molecule has 31 heavy (non-hydrogen) atoms. The Kier molecular flexibility index (Phi) is 6.47. The van der Waals surface area contributed by atoms with Gasteiger partial charge < -0.3 is 4.74 Å². The summed E-state index contributed by atoms with van der Waals surface area (Å²) in [6.07, 6.45) is 1.76. The van der Waals surface area contributed by atoms with Crippen LogP contribution in [-0.2, 0) is 26.6 Å². The third kappa shape index (κ3) is 4.62. The van der Waals surface area contributed by atoms with Crippen molar-refractivity contribution >= 4 is 16.0 Å². The van der Waals surface area contributed by atoms with Crippen molar-refractivity contribution < 1.29 is 17.9 Å². The van der Waals surface area contributed by atoms with Crippen molar-refractivity contribution in [3.05, 3.63) is 82.3 Å². The topological polar surface area (TPSA) is 99.4 Å². The van der Waals surface area contributed by atoms with Crippen molar-refractivity contribution in [3.8, 4) is 5.69 Å². The second-order valence-corrected chi connectivity index (χ2v) is 9.13. The van der Waals surface area contributed by atoms with Crippen molar-refractivity contribution in [2.45, 2.75) is 30.7 Å². The minimum absolute atomic E-state index is 0.0348. The van der Waals surface area contributed by atoms with Crippen LogP contribution >= 0.6 is 0 Å². The molecule has 0 aliphatic heterocycles. The Hall–Kier alpha value is -3.17. The smallest absolute Gasteiger partial charge is 0.328 e. The van der Waals surface area contributed by atoms with Crippen LogP contribution in [0.15, 0.2) is 70.5 Å². The van der Waals surface area contributed by atoms with Crippen molar-refractivity contribution in [2.75, 3.05) is 7.11 Å². The Morgan fingerprint density at radius 2 is 1.65 bits per heavy atom. The van der Waals surface area contributed by atoms with Gasteiger partial charge >= 0.3 is 5.97 Å². The lowest BCUT2D eigenvalue weighted by molar-refractivity contribution is -0.142. The maximum atomic E-state index is 12.9. The summed E-state index contributed by atoms with van der Waals surface area (Å²) in [5, 5.41) is 0. The molecule has 1 N–H and O–H groups in total. The lowest BCUT2D eigenvalue weighted by atomic mass is 10.1. The third-order valence-corrected chi connectivity index (χ3v) is 6.38. The monoisotopic (exact) mass is 443 g/mol. The van der Waals surface area contributed by atoms with E-state index in [4.69, 9.17) is 4.74 Å². The maximum Gasteiger partial charge on any atom is 0.328 e. The molecule has 0 fully saturated rings. The van der Waals surface area contributed by atoms with E-state index in [-0.39, 0.29) is 16.4 Å². The number of ether oxygens (including phenoxy) is 1. The van der Waals surface area contributed by atoms with Gasteiger partial charge in [0.05, 0.1) is 17.7 Å². The fourth-order valence-corrected chi connectivity index (χ4v) is 4.45. The van der Waals surface area contributed by atoms with Crippen molar-refractivity contribution in [1.29, 1.82) is 0 Å². The number of methoxy groups -OCH3 is 1. The highest BCUT2D eigenvalue weighted by Gasteiger charge is 2.28.